The zero-order valence-electron chi connectivity index (χ0n) is 14.9. The van der Waals surface area contributed by atoms with E-state index in [4.69, 9.17) is 5.26 Å². The fraction of sp³-hybridized carbons (Fsp3) is 0.200. The van der Waals surface area contributed by atoms with Crippen molar-refractivity contribution in [3.8, 4) is 11.8 Å². The Morgan fingerprint density at radius 3 is 2.25 bits per heavy atom. The molecular weight excluding hydrogens is 362 g/mol. The van der Waals surface area contributed by atoms with Crippen molar-refractivity contribution in [2.45, 2.75) is 12.3 Å². The van der Waals surface area contributed by atoms with Gasteiger partial charge in [-0.1, -0.05) is 24.3 Å². The Labute approximate surface area is 161 Å². The van der Waals surface area contributed by atoms with Gasteiger partial charge in [0.2, 0.25) is 5.91 Å². The quantitative estimate of drug-likeness (QED) is 0.513. The minimum Gasteiger partial charge on any atom is -0.508 e. The van der Waals surface area contributed by atoms with Crippen molar-refractivity contribution >= 4 is 17.8 Å². The maximum absolute atomic E-state index is 12.5. The molecule has 0 saturated heterocycles. The molecule has 2 rings (SSSR count). The third kappa shape index (κ3) is 5.32. The molecule has 1 atom stereocenters. The molecule has 1 unspecified atom stereocenters. The van der Waals surface area contributed by atoms with Crippen LogP contribution < -0.4 is 10.6 Å². The van der Waals surface area contributed by atoms with E-state index in [1.165, 1.54) is 30.3 Å². The summed E-state index contributed by atoms with van der Waals surface area (Å²) in [5.74, 6) is -2.98. The van der Waals surface area contributed by atoms with Gasteiger partial charge in [0.25, 0.3) is 5.91 Å². The summed E-state index contributed by atoms with van der Waals surface area (Å²) in [5.41, 5.74) is 0.406. The number of nitriles is 1. The number of phenols is 1. The number of carboxylic acids is 1. The number of carboxylic acid groups (broad SMARTS) is 1. The van der Waals surface area contributed by atoms with Crippen LogP contribution in [0.25, 0.3) is 0 Å². The van der Waals surface area contributed by atoms with Crippen LogP contribution in [0.3, 0.4) is 0 Å². The second-order valence-electron chi connectivity index (χ2n) is 5.90. The largest absolute Gasteiger partial charge is 0.508 e. The number of nitrogens with one attached hydrogen (secondary N) is 2. The Kier molecular flexibility index (Phi) is 7.11. The van der Waals surface area contributed by atoms with Crippen LogP contribution >= 0.6 is 0 Å². The number of phenolic OH excluding ortho intramolecular Hbond substituents is 1. The zero-order chi connectivity index (χ0) is 20.5. The Morgan fingerprint density at radius 1 is 1.00 bits per heavy atom. The number of rotatable bonds is 8. The number of carbonyl (C=O) groups is 3. The van der Waals surface area contributed by atoms with Crippen LogP contribution in [0.4, 0.5) is 0 Å². The topological polar surface area (TPSA) is 140 Å². The number of amides is 2. The molecule has 0 radical (unpaired) electrons. The molecule has 8 heteroatoms. The van der Waals surface area contributed by atoms with Crippen molar-refractivity contribution in [1.29, 1.82) is 5.26 Å². The maximum atomic E-state index is 12.5. The minimum atomic E-state index is -1.23. The monoisotopic (exact) mass is 381 g/mol. The van der Waals surface area contributed by atoms with Gasteiger partial charge in [0, 0.05) is 13.1 Å². The van der Waals surface area contributed by atoms with E-state index in [0.29, 0.717) is 5.56 Å². The Hall–Kier alpha value is -3.86. The highest BCUT2D eigenvalue weighted by Crippen LogP contribution is 2.19. The Balaban J connectivity index is 2.17. The average molecular weight is 381 g/mol. The highest BCUT2D eigenvalue weighted by atomic mass is 16.4. The highest BCUT2D eigenvalue weighted by Gasteiger charge is 2.23. The second kappa shape index (κ2) is 9.73. The first-order valence-corrected chi connectivity index (χ1v) is 8.48. The number of hydrogen-bond acceptors (Lipinski definition) is 5. The number of benzene rings is 2. The van der Waals surface area contributed by atoms with Gasteiger partial charge in [0.15, 0.2) is 0 Å². The summed E-state index contributed by atoms with van der Waals surface area (Å²) in [6.45, 7) is 0.0790. The van der Waals surface area contributed by atoms with Crippen LogP contribution in [-0.4, -0.2) is 41.1 Å². The van der Waals surface area contributed by atoms with Crippen LogP contribution in [0.1, 0.15) is 38.6 Å². The number of aromatic carboxylic acids is 1. The zero-order valence-corrected chi connectivity index (χ0v) is 14.9. The van der Waals surface area contributed by atoms with Crippen molar-refractivity contribution in [1.82, 2.24) is 10.6 Å². The van der Waals surface area contributed by atoms with Crippen molar-refractivity contribution in [2.24, 2.45) is 0 Å². The van der Waals surface area contributed by atoms with Crippen LogP contribution in [-0.2, 0) is 4.79 Å². The molecule has 0 aliphatic heterocycles. The van der Waals surface area contributed by atoms with Gasteiger partial charge in [-0.05, 0) is 29.8 Å². The molecule has 0 aliphatic rings. The van der Waals surface area contributed by atoms with Crippen molar-refractivity contribution in [2.75, 3.05) is 13.1 Å². The predicted molar refractivity (Wildman–Crippen MR) is 99.8 cm³/mol. The fourth-order valence-electron chi connectivity index (χ4n) is 2.59. The van der Waals surface area contributed by atoms with Crippen molar-refractivity contribution in [3.63, 3.8) is 0 Å². The number of nitrogens with zero attached hydrogens (tertiary/aromatic N) is 1. The van der Waals surface area contributed by atoms with Gasteiger partial charge in [-0.3, -0.25) is 9.59 Å². The molecule has 28 heavy (non-hydrogen) atoms. The lowest BCUT2D eigenvalue weighted by Crippen LogP contribution is -2.38. The molecule has 0 aromatic heterocycles. The number of aromatic hydroxyl groups is 1. The van der Waals surface area contributed by atoms with Gasteiger partial charge in [0.1, 0.15) is 5.75 Å². The van der Waals surface area contributed by atoms with Crippen LogP contribution in [0.15, 0.2) is 48.5 Å². The fourth-order valence-corrected chi connectivity index (χ4v) is 2.59. The second-order valence-corrected chi connectivity index (χ2v) is 5.90. The van der Waals surface area contributed by atoms with Gasteiger partial charge < -0.3 is 20.8 Å². The van der Waals surface area contributed by atoms with Crippen molar-refractivity contribution in [3.05, 3.63) is 65.2 Å². The summed E-state index contributed by atoms with van der Waals surface area (Å²) < 4.78 is 0. The predicted octanol–water partition coefficient (Wildman–Crippen LogP) is 1.63. The van der Waals surface area contributed by atoms with E-state index in [0.717, 1.165) is 0 Å². The van der Waals surface area contributed by atoms with Gasteiger partial charge in [-0.2, -0.15) is 5.26 Å². The summed E-state index contributed by atoms with van der Waals surface area (Å²) >= 11 is 0. The first-order chi connectivity index (χ1) is 13.4. The van der Waals surface area contributed by atoms with Crippen LogP contribution in [0, 0.1) is 11.3 Å². The molecule has 4 N–H and O–H groups in total. The summed E-state index contributed by atoms with van der Waals surface area (Å²) in [5, 5.41) is 32.5. The standard InChI is InChI=1S/C20H19N3O5/c21-10-3-11-22-19(26)17(13-6-8-14(24)9-7-13)12-23-18(25)15-4-1-2-5-16(15)20(27)28/h1-2,4-9,17,24H,3,11-12H2,(H,22,26)(H,23,25)(H,27,28). The highest BCUT2D eigenvalue weighted by molar-refractivity contribution is 6.04. The van der Waals surface area contributed by atoms with Crippen LogP contribution in [0.5, 0.6) is 5.75 Å². The van der Waals surface area contributed by atoms with E-state index in [9.17, 15) is 24.6 Å². The van der Waals surface area contributed by atoms with E-state index in [2.05, 4.69) is 10.6 Å². The smallest absolute Gasteiger partial charge is 0.336 e. The summed E-state index contributed by atoms with van der Waals surface area (Å²) in [7, 11) is 0. The number of hydrogen-bond donors (Lipinski definition) is 4. The molecule has 0 aliphatic carbocycles. The third-order valence-electron chi connectivity index (χ3n) is 4.02. The molecule has 0 saturated carbocycles. The van der Waals surface area contributed by atoms with E-state index in [1.54, 1.807) is 18.2 Å². The lowest BCUT2D eigenvalue weighted by Gasteiger charge is -2.18. The van der Waals surface area contributed by atoms with Crippen LogP contribution in [0.2, 0.25) is 0 Å². The Morgan fingerprint density at radius 2 is 1.64 bits per heavy atom. The van der Waals surface area contributed by atoms with E-state index in [1.807, 2.05) is 6.07 Å². The molecule has 0 bridgehead atoms. The average Bonchev–Trinajstić information content (AvgIpc) is 2.69. The maximum Gasteiger partial charge on any atom is 0.336 e. The molecule has 2 amide bonds. The summed E-state index contributed by atoms with van der Waals surface area (Å²) in [4.78, 5) is 36.2. The third-order valence-corrected chi connectivity index (χ3v) is 4.02. The van der Waals surface area contributed by atoms with E-state index in [-0.39, 0.29) is 36.4 Å². The lowest BCUT2D eigenvalue weighted by atomic mass is 9.97. The van der Waals surface area contributed by atoms with Crippen molar-refractivity contribution < 1.29 is 24.6 Å². The van der Waals surface area contributed by atoms with E-state index >= 15 is 0 Å². The summed E-state index contributed by atoms with van der Waals surface area (Å²) in [6.07, 6.45) is 0.145. The van der Waals surface area contributed by atoms with Gasteiger partial charge >= 0.3 is 5.97 Å². The molecule has 0 fully saturated rings. The SMILES string of the molecule is N#CCCNC(=O)C(CNC(=O)c1ccccc1C(=O)O)c1ccc(O)cc1. The minimum absolute atomic E-state index is 0.00987. The van der Waals surface area contributed by atoms with E-state index < -0.39 is 23.7 Å². The van der Waals surface area contributed by atoms with Gasteiger partial charge in [0.05, 0.1) is 29.5 Å². The molecule has 0 heterocycles. The lowest BCUT2D eigenvalue weighted by molar-refractivity contribution is -0.122. The molecule has 2 aromatic rings. The van der Waals surface area contributed by atoms with Gasteiger partial charge in [-0.25, -0.2) is 4.79 Å². The normalized spacial score (nSPS) is 11.1. The molecular formula is C20H19N3O5. The van der Waals surface area contributed by atoms with Gasteiger partial charge in [-0.15, -0.1) is 0 Å². The first kappa shape index (κ1) is 20.5. The molecule has 8 nitrogen and oxygen atoms in total. The molecule has 2 aromatic carbocycles. The first-order valence-electron chi connectivity index (χ1n) is 8.48. The number of carbonyl (C=O) groups excluding carboxylic acids is 2. The molecule has 144 valence electrons. The Bertz CT molecular complexity index is 903. The summed E-state index contributed by atoms with van der Waals surface area (Å²) in [6, 6.07) is 13.7. The molecule has 0 spiro atoms.